The second-order valence-corrected chi connectivity index (χ2v) is 8.94. The minimum Gasteiger partial charge on any atom is -0.337 e. The van der Waals surface area contributed by atoms with Crippen LogP contribution in [0.25, 0.3) is 0 Å². The van der Waals surface area contributed by atoms with Gasteiger partial charge in [-0.1, -0.05) is 30.3 Å². The number of aromatic nitrogens is 2. The van der Waals surface area contributed by atoms with Crippen molar-refractivity contribution in [1.29, 1.82) is 0 Å². The molecular formula is C19H24N4O3S. The maximum Gasteiger partial charge on any atom is 0.272 e. The van der Waals surface area contributed by atoms with Crippen LogP contribution in [0, 0.1) is 0 Å². The molecule has 1 aromatic carbocycles. The van der Waals surface area contributed by atoms with E-state index in [9.17, 15) is 13.2 Å². The number of nitrogens with zero attached hydrogens (tertiary/aromatic N) is 4. The molecule has 0 N–H and O–H groups in total. The Hall–Kier alpha value is -2.48. The number of carbonyl (C=O) groups is 1. The van der Waals surface area contributed by atoms with Gasteiger partial charge < -0.3 is 9.80 Å². The molecule has 1 unspecified atom stereocenters. The molecule has 0 saturated carbocycles. The van der Waals surface area contributed by atoms with E-state index < -0.39 is 9.84 Å². The van der Waals surface area contributed by atoms with Crippen LogP contribution in [0.5, 0.6) is 0 Å². The molecule has 3 rings (SSSR count). The maximum absolute atomic E-state index is 12.8. The van der Waals surface area contributed by atoms with Gasteiger partial charge in [0.15, 0.2) is 9.84 Å². The number of sulfone groups is 1. The van der Waals surface area contributed by atoms with E-state index in [1.54, 1.807) is 19.3 Å². The van der Waals surface area contributed by atoms with Crippen molar-refractivity contribution in [3.05, 3.63) is 53.9 Å². The van der Waals surface area contributed by atoms with Crippen molar-refractivity contribution in [3.63, 3.8) is 0 Å². The highest BCUT2D eigenvalue weighted by Crippen LogP contribution is 2.19. The summed E-state index contributed by atoms with van der Waals surface area (Å²) in [5.74, 6) is 0.351. The Balaban J connectivity index is 1.76. The Morgan fingerprint density at radius 3 is 2.59 bits per heavy atom. The fraction of sp³-hybridized carbons (Fsp3) is 0.421. The summed E-state index contributed by atoms with van der Waals surface area (Å²) in [6, 6.07) is 11.3. The van der Waals surface area contributed by atoms with Crippen LogP contribution < -0.4 is 4.90 Å². The Bertz CT molecular complexity index is 902. The monoisotopic (exact) mass is 388 g/mol. The number of anilines is 1. The number of rotatable bonds is 6. The zero-order chi connectivity index (χ0) is 19.4. The molecular weight excluding hydrogens is 364 g/mol. The molecule has 27 heavy (non-hydrogen) atoms. The lowest BCUT2D eigenvalue weighted by Gasteiger charge is -2.24. The van der Waals surface area contributed by atoms with Gasteiger partial charge in [-0.3, -0.25) is 4.79 Å². The van der Waals surface area contributed by atoms with Crippen LogP contribution >= 0.6 is 0 Å². The van der Waals surface area contributed by atoms with Gasteiger partial charge in [-0.15, -0.1) is 0 Å². The molecule has 1 aromatic heterocycles. The molecule has 1 atom stereocenters. The molecule has 1 fully saturated rings. The molecule has 2 aromatic rings. The minimum absolute atomic E-state index is 0.0161. The van der Waals surface area contributed by atoms with Crippen molar-refractivity contribution in [3.8, 4) is 0 Å². The molecule has 0 radical (unpaired) electrons. The number of benzene rings is 1. The molecule has 0 aliphatic carbocycles. The topological polar surface area (TPSA) is 83.5 Å². The van der Waals surface area contributed by atoms with E-state index in [1.807, 2.05) is 42.2 Å². The van der Waals surface area contributed by atoms with E-state index in [0.29, 0.717) is 25.5 Å². The van der Waals surface area contributed by atoms with Crippen molar-refractivity contribution in [1.82, 2.24) is 14.9 Å². The Labute approximate surface area is 160 Å². The zero-order valence-electron chi connectivity index (χ0n) is 15.6. The molecule has 2 heterocycles. The summed E-state index contributed by atoms with van der Waals surface area (Å²) < 4.78 is 23.4. The lowest BCUT2D eigenvalue weighted by Crippen LogP contribution is -2.38. The van der Waals surface area contributed by atoms with Crippen LogP contribution in [0.2, 0.25) is 0 Å². The predicted molar refractivity (Wildman–Crippen MR) is 104 cm³/mol. The summed E-state index contributed by atoms with van der Waals surface area (Å²) in [5.41, 5.74) is 1.41. The first kappa shape index (κ1) is 19.3. The van der Waals surface area contributed by atoms with E-state index in [0.717, 1.165) is 5.56 Å². The van der Waals surface area contributed by atoms with E-state index >= 15 is 0 Å². The molecule has 1 saturated heterocycles. The van der Waals surface area contributed by atoms with Crippen LogP contribution in [0.1, 0.15) is 29.4 Å². The third kappa shape index (κ3) is 4.63. The first-order valence-electron chi connectivity index (χ1n) is 8.99. The van der Waals surface area contributed by atoms with Crippen LogP contribution in [0.15, 0.2) is 42.6 Å². The first-order valence-corrected chi connectivity index (χ1v) is 10.8. The zero-order valence-corrected chi connectivity index (χ0v) is 16.4. The molecule has 144 valence electrons. The third-order valence-corrected chi connectivity index (χ3v) is 6.57. The van der Waals surface area contributed by atoms with Crippen molar-refractivity contribution in [2.75, 3.05) is 30.0 Å². The highest BCUT2D eigenvalue weighted by atomic mass is 32.2. The van der Waals surface area contributed by atoms with Crippen LogP contribution in [0.4, 0.5) is 5.95 Å². The minimum atomic E-state index is -3.05. The van der Waals surface area contributed by atoms with Crippen LogP contribution in [0.3, 0.4) is 0 Å². The van der Waals surface area contributed by atoms with Gasteiger partial charge in [0.25, 0.3) is 5.91 Å². The van der Waals surface area contributed by atoms with Crippen molar-refractivity contribution in [2.24, 2.45) is 0 Å². The lowest BCUT2D eigenvalue weighted by atomic mass is 10.2. The van der Waals surface area contributed by atoms with Gasteiger partial charge in [0.05, 0.1) is 11.5 Å². The summed E-state index contributed by atoms with van der Waals surface area (Å²) in [6.07, 6.45) is 2.04. The largest absolute Gasteiger partial charge is 0.337 e. The van der Waals surface area contributed by atoms with Gasteiger partial charge >= 0.3 is 0 Å². The number of hydrogen-bond acceptors (Lipinski definition) is 6. The molecule has 1 aliphatic heterocycles. The standard InChI is InChI=1S/C19H24N4O3S/c1-3-23(13-15-7-5-4-6-8-15)19-20-11-9-17(21-19)18(24)22(2)16-10-12-27(25,26)14-16/h4-9,11,16H,3,10,12-14H2,1-2H3. The fourth-order valence-corrected chi connectivity index (χ4v) is 4.95. The van der Waals surface area contributed by atoms with Gasteiger partial charge in [0.2, 0.25) is 5.95 Å². The van der Waals surface area contributed by atoms with E-state index in [2.05, 4.69) is 9.97 Å². The summed E-state index contributed by atoms with van der Waals surface area (Å²) >= 11 is 0. The highest BCUT2D eigenvalue weighted by molar-refractivity contribution is 7.91. The van der Waals surface area contributed by atoms with E-state index in [1.165, 1.54) is 4.90 Å². The van der Waals surface area contributed by atoms with Gasteiger partial charge in [-0.25, -0.2) is 18.4 Å². The molecule has 1 amide bonds. The van der Waals surface area contributed by atoms with Gasteiger partial charge in [-0.05, 0) is 25.0 Å². The Morgan fingerprint density at radius 2 is 1.96 bits per heavy atom. The smallest absolute Gasteiger partial charge is 0.272 e. The van der Waals surface area contributed by atoms with E-state index in [-0.39, 0.29) is 29.1 Å². The van der Waals surface area contributed by atoms with Gasteiger partial charge in [0.1, 0.15) is 5.69 Å². The average molecular weight is 388 g/mol. The van der Waals surface area contributed by atoms with Gasteiger partial charge in [0, 0.05) is 32.4 Å². The van der Waals surface area contributed by atoms with Crippen molar-refractivity contribution in [2.45, 2.75) is 25.9 Å². The lowest BCUT2D eigenvalue weighted by molar-refractivity contribution is 0.0741. The maximum atomic E-state index is 12.8. The first-order chi connectivity index (χ1) is 12.9. The summed E-state index contributed by atoms with van der Waals surface area (Å²) in [5, 5.41) is 0. The van der Waals surface area contributed by atoms with Crippen LogP contribution in [-0.2, 0) is 16.4 Å². The van der Waals surface area contributed by atoms with E-state index in [4.69, 9.17) is 0 Å². The highest BCUT2D eigenvalue weighted by Gasteiger charge is 2.33. The molecule has 1 aliphatic rings. The summed E-state index contributed by atoms with van der Waals surface area (Å²) in [4.78, 5) is 25.0. The number of carbonyl (C=O) groups excluding carboxylic acids is 1. The normalized spacial score (nSPS) is 18.2. The second kappa shape index (κ2) is 8.04. The Kier molecular flexibility index (Phi) is 5.74. The van der Waals surface area contributed by atoms with Crippen molar-refractivity contribution < 1.29 is 13.2 Å². The number of amides is 1. The molecule has 0 bridgehead atoms. The molecule has 0 spiro atoms. The Morgan fingerprint density at radius 1 is 1.22 bits per heavy atom. The summed E-state index contributed by atoms with van der Waals surface area (Å²) in [7, 11) is -1.42. The number of hydrogen-bond donors (Lipinski definition) is 0. The molecule has 7 nitrogen and oxygen atoms in total. The van der Waals surface area contributed by atoms with Gasteiger partial charge in [-0.2, -0.15) is 0 Å². The third-order valence-electron chi connectivity index (χ3n) is 4.82. The quantitative estimate of drug-likeness (QED) is 0.750. The van der Waals surface area contributed by atoms with Crippen LogP contribution in [-0.4, -0.2) is 60.3 Å². The second-order valence-electron chi connectivity index (χ2n) is 6.71. The predicted octanol–water partition coefficient (Wildman–Crippen LogP) is 1.76. The van der Waals surface area contributed by atoms with Crippen molar-refractivity contribution >= 4 is 21.7 Å². The fourth-order valence-electron chi connectivity index (χ4n) is 3.17. The SMILES string of the molecule is CCN(Cc1ccccc1)c1nccc(C(=O)N(C)C2CCS(=O)(=O)C2)n1. The molecule has 8 heteroatoms. The summed E-state index contributed by atoms with van der Waals surface area (Å²) in [6.45, 7) is 3.35. The average Bonchev–Trinajstić information content (AvgIpc) is 3.05.